The van der Waals surface area contributed by atoms with Crippen LogP contribution in [-0.4, -0.2) is 44.4 Å². The molecule has 2 aliphatic rings. The lowest BCUT2D eigenvalue weighted by molar-refractivity contribution is -0.0707. The third-order valence-corrected chi connectivity index (χ3v) is 6.56. The zero-order valence-electron chi connectivity index (χ0n) is 17.8. The van der Waals surface area contributed by atoms with Crippen LogP contribution in [0.15, 0.2) is 53.3 Å². The van der Waals surface area contributed by atoms with Gasteiger partial charge in [0.15, 0.2) is 11.4 Å². The van der Waals surface area contributed by atoms with E-state index >= 15 is 0 Å². The number of nitrogens with zero attached hydrogens (tertiary/aromatic N) is 4. The van der Waals surface area contributed by atoms with E-state index in [9.17, 15) is 19.1 Å². The molecule has 2 aromatic carbocycles. The van der Waals surface area contributed by atoms with Crippen molar-refractivity contribution < 1.29 is 14.3 Å². The topological polar surface area (TPSA) is 78.7 Å². The van der Waals surface area contributed by atoms with E-state index in [2.05, 4.69) is 17.2 Å². The maximum absolute atomic E-state index is 14.5. The average molecular weight is 434 g/mol. The normalized spacial score (nSPS) is 18.7. The first-order chi connectivity index (χ1) is 15.4. The molecule has 0 fully saturated rings. The van der Waals surface area contributed by atoms with Gasteiger partial charge in [-0.3, -0.25) is 14.6 Å². The molecule has 5 rings (SSSR count). The minimum atomic E-state index is -1.33. The van der Waals surface area contributed by atoms with Crippen molar-refractivity contribution in [3.63, 3.8) is 0 Å². The second-order valence-electron chi connectivity index (χ2n) is 8.14. The standard InChI is InChI=1S/C24H23FN4O3/c1-3-28-23(29-19(24(32)27(28)2)20(30)21(31)22(25)26-29)18-16-10-6-4-8-14(16)12-13-15-9-5-7-11-17(15)18/h4-11,18,23,30H,3,12-13H2,1-2H3/t23-/m0/s1. The summed E-state index contributed by atoms with van der Waals surface area (Å²) in [6.07, 6.45) is 1.03. The summed E-state index contributed by atoms with van der Waals surface area (Å²) in [5, 5.41) is 17.5. The molecule has 3 aromatic rings. The van der Waals surface area contributed by atoms with Crippen LogP contribution in [0.5, 0.6) is 5.75 Å². The monoisotopic (exact) mass is 434 g/mol. The Labute approximate surface area is 184 Å². The van der Waals surface area contributed by atoms with E-state index in [1.807, 2.05) is 43.3 Å². The van der Waals surface area contributed by atoms with Gasteiger partial charge in [-0.05, 0) is 35.1 Å². The fourth-order valence-electron chi connectivity index (χ4n) is 5.07. The van der Waals surface area contributed by atoms with E-state index < -0.39 is 29.2 Å². The highest BCUT2D eigenvalue weighted by Crippen LogP contribution is 2.45. The summed E-state index contributed by atoms with van der Waals surface area (Å²) in [7, 11) is 1.59. The van der Waals surface area contributed by atoms with Gasteiger partial charge in [0.1, 0.15) is 6.17 Å². The minimum Gasteiger partial charge on any atom is -0.502 e. The number of aromatic nitrogens is 2. The van der Waals surface area contributed by atoms with E-state index in [-0.39, 0.29) is 11.6 Å². The first-order valence-electron chi connectivity index (χ1n) is 10.7. The number of benzene rings is 2. The second kappa shape index (κ2) is 7.56. The SMILES string of the molecule is CCN1[C@H](C2c3ccccc3CCc3ccccc32)n2nc(F)c(=O)c(O)c2C(=O)N1C. The molecular formula is C24H23FN4O3. The molecule has 8 heteroatoms. The summed E-state index contributed by atoms with van der Waals surface area (Å²) in [5.74, 6) is -3.17. The van der Waals surface area contributed by atoms with Crippen molar-refractivity contribution >= 4 is 5.91 Å². The Hall–Kier alpha value is -3.52. The molecule has 0 saturated carbocycles. The summed E-state index contributed by atoms with van der Waals surface area (Å²) in [5.41, 5.74) is 2.86. The maximum Gasteiger partial charge on any atom is 0.290 e. The van der Waals surface area contributed by atoms with Gasteiger partial charge in [0.25, 0.3) is 17.3 Å². The number of amides is 1. The molecule has 0 radical (unpaired) electrons. The van der Waals surface area contributed by atoms with Gasteiger partial charge in [-0.2, -0.15) is 9.40 Å². The number of carbonyl (C=O) groups excluding carboxylic acids is 1. The van der Waals surface area contributed by atoms with Crippen molar-refractivity contribution in [3.8, 4) is 5.75 Å². The molecular weight excluding hydrogens is 411 g/mol. The van der Waals surface area contributed by atoms with Crippen LogP contribution in [-0.2, 0) is 12.8 Å². The Kier molecular flexibility index (Phi) is 4.82. The Morgan fingerprint density at radius 3 is 2.16 bits per heavy atom. The smallest absolute Gasteiger partial charge is 0.290 e. The highest BCUT2D eigenvalue weighted by molar-refractivity contribution is 5.95. The molecule has 1 amide bonds. The number of rotatable bonds is 2. The summed E-state index contributed by atoms with van der Waals surface area (Å²) >= 11 is 0. The molecule has 2 heterocycles. The molecule has 1 aliphatic carbocycles. The summed E-state index contributed by atoms with van der Waals surface area (Å²) in [6.45, 7) is 2.33. The van der Waals surface area contributed by atoms with Crippen LogP contribution >= 0.6 is 0 Å². The quantitative estimate of drug-likeness (QED) is 0.671. The van der Waals surface area contributed by atoms with Crippen LogP contribution in [0, 0.1) is 5.95 Å². The van der Waals surface area contributed by atoms with Crippen molar-refractivity contribution in [2.75, 3.05) is 13.6 Å². The average Bonchev–Trinajstić information content (AvgIpc) is 2.96. The number of likely N-dealkylation sites (N-methyl/N-ethyl adjacent to an activating group) is 1. The van der Waals surface area contributed by atoms with Gasteiger partial charge in [-0.15, -0.1) is 5.10 Å². The van der Waals surface area contributed by atoms with Crippen LogP contribution in [0.25, 0.3) is 0 Å². The van der Waals surface area contributed by atoms with E-state index in [1.165, 1.54) is 9.69 Å². The predicted octanol–water partition coefficient (Wildman–Crippen LogP) is 2.84. The van der Waals surface area contributed by atoms with Gasteiger partial charge in [0.2, 0.25) is 0 Å². The Morgan fingerprint density at radius 1 is 1.03 bits per heavy atom. The van der Waals surface area contributed by atoms with Gasteiger partial charge in [-0.1, -0.05) is 55.5 Å². The summed E-state index contributed by atoms with van der Waals surface area (Å²) in [6, 6.07) is 16.2. The molecule has 7 nitrogen and oxygen atoms in total. The predicted molar refractivity (Wildman–Crippen MR) is 116 cm³/mol. The zero-order valence-corrected chi connectivity index (χ0v) is 17.8. The molecule has 1 aliphatic heterocycles. The second-order valence-corrected chi connectivity index (χ2v) is 8.14. The van der Waals surface area contributed by atoms with Crippen LogP contribution in [0.1, 0.15) is 51.7 Å². The number of hydrogen-bond donors (Lipinski definition) is 1. The van der Waals surface area contributed by atoms with Gasteiger partial charge in [0.05, 0.1) is 0 Å². The molecule has 0 spiro atoms. The molecule has 0 saturated heterocycles. The first kappa shape index (κ1) is 20.4. The van der Waals surface area contributed by atoms with Crippen molar-refractivity contribution in [3.05, 3.63) is 92.6 Å². The number of aryl methyl sites for hydroxylation is 2. The maximum atomic E-state index is 14.5. The van der Waals surface area contributed by atoms with Crippen LogP contribution in [0.4, 0.5) is 4.39 Å². The third-order valence-electron chi connectivity index (χ3n) is 6.56. The molecule has 1 atom stereocenters. The van der Waals surface area contributed by atoms with Crippen molar-refractivity contribution in [1.82, 2.24) is 19.8 Å². The Morgan fingerprint density at radius 2 is 1.59 bits per heavy atom. The van der Waals surface area contributed by atoms with Gasteiger partial charge in [0, 0.05) is 19.5 Å². The molecule has 0 unspecified atom stereocenters. The Balaban J connectivity index is 1.86. The highest BCUT2D eigenvalue weighted by Gasteiger charge is 2.45. The molecule has 1 aromatic heterocycles. The van der Waals surface area contributed by atoms with Crippen LogP contribution in [0.3, 0.4) is 0 Å². The van der Waals surface area contributed by atoms with E-state index in [0.717, 1.165) is 35.1 Å². The lowest BCUT2D eigenvalue weighted by Gasteiger charge is -2.46. The number of aromatic hydroxyl groups is 1. The van der Waals surface area contributed by atoms with Crippen molar-refractivity contribution in [2.45, 2.75) is 31.8 Å². The fraction of sp³-hybridized carbons (Fsp3) is 0.292. The largest absolute Gasteiger partial charge is 0.502 e. The lowest BCUT2D eigenvalue weighted by Crippen LogP contribution is -2.56. The van der Waals surface area contributed by atoms with Gasteiger partial charge < -0.3 is 5.11 Å². The Bertz CT molecular complexity index is 1240. The van der Waals surface area contributed by atoms with Gasteiger partial charge in [-0.25, -0.2) is 4.68 Å². The minimum absolute atomic E-state index is 0.298. The van der Waals surface area contributed by atoms with E-state index in [0.29, 0.717) is 6.54 Å². The van der Waals surface area contributed by atoms with Crippen LogP contribution in [0.2, 0.25) is 0 Å². The molecule has 32 heavy (non-hydrogen) atoms. The van der Waals surface area contributed by atoms with Gasteiger partial charge >= 0.3 is 0 Å². The third kappa shape index (κ3) is 2.86. The number of fused-ring (bicyclic) bond motifs is 3. The number of halogens is 1. The highest BCUT2D eigenvalue weighted by atomic mass is 19.1. The van der Waals surface area contributed by atoms with Crippen molar-refractivity contribution in [2.24, 2.45) is 0 Å². The van der Waals surface area contributed by atoms with Crippen molar-refractivity contribution in [1.29, 1.82) is 0 Å². The van der Waals surface area contributed by atoms with E-state index in [4.69, 9.17) is 0 Å². The molecule has 164 valence electrons. The summed E-state index contributed by atoms with van der Waals surface area (Å²) in [4.78, 5) is 25.2. The zero-order chi connectivity index (χ0) is 22.6. The number of hydrogen-bond acceptors (Lipinski definition) is 5. The molecule has 1 N–H and O–H groups in total. The summed E-state index contributed by atoms with van der Waals surface area (Å²) < 4.78 is 15.7. The number of hydrazine groups is 1. The number of carbonyl (C=O) groups is 1. The fourth-order valence-corrected chi connectivity index (χ4v) is 5.07. The first-order valence-corrected chi connectivity index (χ1v) is 10.7. The van der Waals surface area contributed by atoms with E-state index in [1.54, 1.807) is 12.1 Å². The molecule has 0 bridgehead atoms. The van der Waals surface area contributed by atoms with Crippen LogP contribution < -0.4 is 5.43 Å². The lowest BCUT2D eigenvalue weighted by atomic mass is 9.85.